The van der Waals surface area contributed by atoms with Gasteiger partial charge in [-0.1, -0.05) is 18.7 Å². The van der Waals surface area contributed by atoms with Gasteiger partial charge in [0.05, 0.1) is 0 Å². The summed E-state index contributed by atoms with van der Waals surface area (Å²) in [5, 5.41) is 0. The maximum atomic E-state index is 11.7. The molecule has 0 atom stereocenters. The second-order valence-electron chi connectivity index (χ2n) is 4.82. The first-order valence-electron chi connectivity index (χ1n) is 6.15. The highest BCUT2D eigenvalue weighted by Crippen LogP contribution is 2.15. The van der Waals surface area contributed by atoms with Gasteiger partial charge in [0.2, 0.25) is 5.91 Å². The Bertz CT molecular complexity index is 407. The van der Waals surface area contributed by atoms with E-state index in [4.69, 9.17) is 0 Å². The summed E-state index contributed by atoms with van der Waals surface area (Å²) in [6, 6.07) is 8.41. The number of rotatable bonds is 5. The first kappa shape index (κ1) is 14.3. The van der Waals surface area contributed by atoms with Crippen LogP contribution in [0.3, 0.4) is 0 Å². The molecule has 0 saturated heterocycles. The maximum Gasteiger partial charge on any atom is 0.246 e. The molecule has 0 N–H and O–H groups in total. The summed E-state index contributed by atoms with van der Waals surface area (Å²) in [6.07, 6.45) is 1.37. The Kier molecular flexibility index (Phi) is 4.95. The van der Waals surface area contributed by atoms with Crippen LogP contribution in [0.25, 0.3) is 0 Å². The lowest BCUT2D eigenvalue weighted by Gasteiger charge is -2.25. The molecule has 0 aromatic heterocycles. The zero-order chi connectivity index (χ0) is 13.7. The molecule has 0 bridgehead atoms. The van der Waals surface area contributed by atoms with E-state index in [-0.39, 0.29) is 11.9 Å². The molecule has 1 aromatic rings. The molecule has 0 saturated carbocycles. The smallest absolute Gasteiger partial charge is 0.246 e. The van der Waals surface area contributed by atoms with Gasteiger partial charge in [0.15, 0.2) is 0 Å². The summed E-state index contributed by atoms with van der Waals surface area (Å²) in [4.78, 5) is 15.6. The molecular formula is C15H22N2O. The highest BCUT2D eigenvalue weighted by Gasteiger charge is 2.14. The van der Waals surface area contributed by atoms with Crippen molar-refractivity contribution in [1.82, 2.24) is 4.90 Å². The van der Waals surface area contributed by atoms with Crippen molar-refractivity contribution in [3.63, 3.8) is 0 Å². The molecule has 18 heavy (non-hydrogen) atoms. The third-order valence-electron chi connectivity index (χ3n) is 2.89. The van der Waals surface area contributed by atoms with Gasteiger partial charge in [-0.2, -0.15) is 0 Å². The lowest BCUT2D eigenvalue weighted by molar-refractivity contribution is -0.128. The van der Waals surface area contributed by atoms with Crippen molar-refractivity contribution in [3.8, 4) is 0 Å². The van der Waals surface area contributed by atoms with Crippen LogP contribution in [-0.4, -0.2) is 30.9 Å². The Hall–Kier alpha value is -1.77. The predicted molar refractivity (Wildman–Crippen MR) is 76.7 cm³/mol. The minimum Gasteiger partial charge on any atom is -0.378 e. The van der Waals surface area contributed by atoms with Gasteiger partial charge in [-0.3, -0.25) is 4.79 Å². The van der Waals surface area contributed by atoms with Crippen LogP contribution in [0.2, 0.25) is 0 Å². The topological polar surface area (TPSA) is 23.6 Å². The van der Waals surface area contributed by atoms with Gasteiger partial charge in [-0.25, -0.2) is 0 Å². The van der Waals surface area contributed by atoms with Crippen molar-refractivity contribution in [2.75, 3.05) is 19.0 Å². The molecular weight excluding hydrogens is 224 g/mol. The van der Waals surface area contributed by atoms with Crippen LogP contribution < -0.4 is 4.90 Å². The van der Waals surface area contributed by atoms with E-state index >= 15 is 0 Å². The predicted octanol–water partition coefficient (Wildman–Crippen LogP) is 2.68. The molecule has 3 nitrogen and oxygen atoms in total. The molecule has 0 fully saturated rings. The lowest BCUT2D eigenvalue weighted by Crippen LogP contribution is -2.35. The Morgan fingerprint density at radius 2 is 1.83 bits per heavy atom. The van der Waals surface area contributed by atoms with E-state index in [1.54, 1.807) is 4.90 Å². The van der Waals surface area contributed by atoms with Gasteiger partial charge < -0.3 is 9.80 Å². The van der Waals surface area contributed by atoms with Crippen LogP contribution in [0, 0.1) is 0 Å². The third-order valence-corrected chi connectivity index (χ3v) is 2.89. The van der Waals surface area contributed by atoms with E-state index in [0.29, 0.717) is 6.54 Å². The van der Waals surface area contributed by atoms with Gasteiger partial charge in [-0.05, 0) is 37.6 Å². The monoisotopic (exact) mass is 246 g/mol. The number of nitrogens with zero attached hydrogens (tertiary/aromatic N) is 2. The van der Waals surface area contributed by atoms with Gasteiger partial charge in [0.1, 0.15) is 0 Å². The minimum absolute atomic E-state index is 0.0262. The highest BCUT2D eigenvalue weighted by molar-refractivity contribution is 5.87. The van der Waals surface area contributed by atoms with Gasteiger partial charge in [-0.15, -0.1) is 0 Å². The lowest BCUT2D eigenvalue weighted by atomic mass is 10.1. The third kappa shape index (κ3) is 3.62. The van der Waals surface area contributed by atoms with Gasteiger partial charge in [0.25, 0.3) is 0 Å². The molecule has 1 aromatic carbocycles. The molecule has 0 aliphatic heterocycles. The first-order chi connectivity index (χ1) is 8.45. The summed E-state index contributed by atoms with van der Waals surface area (Å²) < 4.78 is 0. The summed E-state index contributed by atoms with van der Waals surface area (Å²) in [5.74, 6) is -0.0262. The molecule has 0 heterocycles. The van der Waals surface area contributed by atoms with Crippen molar-refractivity contribution < 1.29 is 4.79 Å². The Morgan fingerprint density at radius 3 is 2.22 bits per heavy atom. The maximum absolute atomic E-state index is 11.7. The fraction of sp³-hybridized carbons (Fsp3) is 0.400. The van der Waals surface area contributed by atoms with Gasteiger partial charge in [0, 0.05) is 32.4 Å². The average Bonchev–Trinajstić information content (AvgIpc) is 2.35. The van der Waals surface area contributed by atoms with Crippen LogP contribution in [0.5, 0.6) is 0 Å². The van der Waals surface area contributed by atoms with E-state index < -0.39 is 0 Å². The Labute approximate surface area is 110 Å². The van der Waals surface area contributed by atoms with Crippen molar-refractivity contribution in [2.45, 2.75) is 26.4 Å². The van der Waals surface area contributed by atoms with E-state index in [9.17, 15) is 4.79 Å². The Morgan fingerprint density at radius 1 is 1.28 bits per heavy atom. The van der Waals surface area contributed by atoms with Crippen LogP contribution >= 0.6 is 0 Å². The second kappa shape index (κ2) is 6.24. The number of carbonyl (C=O) groups is 1. The quantitative estimate of drug-likeness (QED) is 0.746. The van der Waals surface area contributed by atoms with Crippen LogP contribution in [0.4, 0.5) is 5.69 Å². The molecule has 0 aliphatic carbocycles. The number of hydrogen-bond donors (Lipinski definition) is 0. The van der Waals surface area contributed by atoms with E-state index in [1.807, 2.05) is 27.9 Å². The van der Waals surface area contributed by atoms with Gasteiger partial charge >= 0.3 is 0 Å². The number of carbonyl (C=O) groups excluding carboxylic acids is 1. The molecule has 3 heteroatoms. The molecule has 0 radical (unpaired) electrons. The zero-order valence-corrected chi connectivity index (χ0v) is 11.7. The summed E-state index contributed by atoms with van der Waals surface area (Å²) in [7, 11) is 4.02. The molecule has 0 unspecified atom stereocenters. The molecule has 0 aliphatic rings. The highest BCUT2D eigenvalue weighted by atomic mass is 16.2. The number of benzene rings is 1. The SMILES string of the molecule is C=CC(=O)N(Cc1ccc(N(C)C)cc1)C(C)C. The average molecular weight is 246 g/mol. The largest absolute Gasteiger partial charge is 0.378 e. The molecule has 98 valence electrons. The summed E-state index contributed by atoms with van der Waals surface area (Å²) in [6.45, 7) is 8.19. The van der Waals surface area contributed by atoms with E-state index in [1.165, 1.54) is 6.08 Å². The Balaban J connectivity index is 2.81. The first-order valence-corrected chi connectivity index (χ1v) is 6.15. The van der Waals surface area contributed by atoms with Crippen LogP contribution in [-0.2, 0) is 11.3 Å². The molecule has 1 rings (SSSR count). The fourth-order valence-corrected chi connectivity index (χ4v) is 1.73. The summed E-state index contributed by atoms with van der Waals surface area (Å²) in [5.41, 5.74) is 2.29. The normalized spacial score (nSPS) is 10.3. The van der Waals surface area contributed by atoms with Crippen LogP contribution in [0.15, 0.2) is 36.9 Å². The standard InChI is InChI=1S/C15H22N2O/c1-6-15(18)17(12(2)3)11-13-7-9-14(10-8-13)16(4)5/h6-10,12H,1,11H2,2-5H3. The van der Waals surface area contributed by atoms with Crippen molar-refractivity contribution in [2.24, 2.45) is 0 Å². The molecule has 1 amide bonds. The number of amides is 1. The number of anilines is 1. The van der Waals surface area contributed by atoms with Crippen molar-refractivity contribution in [1.29, 1.82) is 0 Å². The zero-order valence-electron chi connectivity index (χ0n) is 11.7. The molecule has 0 spiro atoms. The van der Waals surface area contributed by atoms with Crippen molar-refractivity contribution in [3.05, 3.63) is 42.5 Å². The minimum atomic E-state index is -0.0262. The summed E-state index contributed by atoms with van der Waals surface area (Å²) >= 11 is 0. The number of hydrogen-bond acceptors (Lipinski definition) is 2. The van der Waals surface area contributed by atoms with Crippen molar-refractivity contribution >= 4 is 11.6 Å². The van der Waals surface area contributed by atoms with E-state index in [2.05, 4.69) is 35.7 Å². The second-order valence-corrected chi connectivity index (χ2v) is 4.82. The van der Waals surface area contributed by atoms with E-state index in [0.717, 1.165) is 11.3 Å². The fourth-order valence-electron chi connectivity index (χ4n) is 1.73. The van der Waals surface area contributed by atoms with Crippen LogP contribution in [0.1, 0.15) is 19.4 Å².